The number of amides is 1. The van der Waals surface area contributed by atoms with E-state index < -0.39 is 11.6 Å². The molecule has 0 heterocycles. The number of benzene rings is 1. The van der Waals surface area contributed by atoms with Gasteiger partial charge in [0.05, 0.1) is 6.54 Å². The Morgan fingerprint density at radius 3 is 2.71 bits per heavy atom. The van der Waals surface area contributed by atoms with Crippen LogP contribution >= 0.6 is 0 Å². The van der Waals surface area contributed by atoms with Crippen molar-refractivity contribution in [1.29, 1.82) is 0 Å². The van der Waals surface area contributed by atoms with E-state index in [0.717, 1.165) is 31.4 Å². The van der Waals surface area contributed by atoms with Crippen molar-refractivity contribution < 1.29 is 13.6 Å². The van der Waals surface area contributed by atoms with E-state index in [1.807, 2.05) is 0 Å². The largest absolute Gasteiger partial charge is 0.355 e. The lowest BCUT2D eigenvalue weighted by Gasteiger charge is -2.24. The van der Waals surface area contributed by atoms with E-state index in [9.17, 15) is 13.6 Å². The third-order valence-electron chi connectivity index (χ3n) is 3.56. The van der Waals surface area contributed by atoms with Gasteiger partial charge in [0, 0.05) is 18.2 Å². The molecule has 0 aromatic heterocycles. The molecule has 0 aliphatic rings. The van der Waals surface area contributed by atoms with Crippen LogP contribution in [0.5, 0.6) is 0 Å². The Morgan fingerprint density at radius 2 is 2.05 bits per heavy atom. The van der Waals surface area contributed by atoms with Gasteiger partial charge in [-0.1, -0.05) is 19.8 Å². The molecular formula is C16H24F2N2O. The van der Waals surface area contributed by atoms with Gasteiger partial charge in [0.1, 0.15) is 11.6 Å². The SMILES string of the molecule is CCCCCNC(=O)CN(C)C(C)c1cc(F)ccc1F. The summed E-state index contributed by atoms with van der Waals surface area (Å²) in [5, 5.41) is 2.83. The number of nitrogens with one attached hydrogen (secondary N) is 1. The van der Waals surface area contributed by atoms with Crippen molar-refractivity contribution in [1.82, 2.24) is 10.2 Å². The van der Waals surface area contributed by atoms with E-state index in [-0.39, 0.29) is 24.1 Å². The second-order valence-corrected chi connectivity index (χ2v) is 5.31. The highest BCUT2D eigenvalue weighted by molar-refractivity contribution is 5.78. The Labute approximate surface area is 125 Å². The van der Waals surface area contributed by atoms with E-state index in [2.05, 4.69) is 12.2 Å². The zero-order valence-corrected chi connectivity index (χ0v) is 13.0. The number of likely N-dealkylation sites (N-methyl/N-ethyl adjacent to an activating group) is 1. The minimum absolute atomic E-state index is 0.0998. The Kier molecular flexibility index (Phi) is 7.29. The molecule has 3 nitrogen and oxygen atoms in total. The molecule has 0 fully saturated rings. The molecule has 0 saturated heterocycles. The van der Waals surface area contributed by atoms with E-state index in [0.29, 0.717) is 6.54 Å². The zero-order valence-electron chi connectivity index (χ0n) is 13.0. The van der Waals surface area contributed by atoms with Gasteiger partial charge in [-0.05, 0) is 38.6 Å². The molecule has 1 unspecified atom stereocenters. The molecule has 0 aliphatic carbocycles. The van der Waals surface area contributed by atoms with Gasteiger partial charge in [-0.25, -0.2) is 8.78 Å². The van der Waals surface area contributed by atoms with E-state index >= 15 is 0 Å². The zero-order chi connectivity index (χ0) is 15.8. The lowest BCUT2D eigenvalue weighted by molar-refractivity contribution is -0.122. The summed E-state index contributed by atoms with van der Waals surface area (Å²) in [4.78, 5) is 13.5. The second kappa shape index (κ2) is 8.72. The van der Waals surface area contributed by atoms with E-state index in [1.165, 1.54) is 6.07 Å². The smallest absolute Gasteiger partial charge is 0.234 e. The standard InChI is InChI=1S/C16H24F2N2O/c1-4-5-6-9-19-16(21)11-20(3)12(2)14-10-13(17)7-8-15(14)18/h7-8,10,12H,4-6,9,11H2,1-3H3,(H,19,21). The molecule has 1 rings (SSSR count). The lowest BCUT2D eigenvalue weighted by atomic mass is 10.1. The van der Waals surface area contributed by atoms with Crippen LogP contribution in [0.3, 0.4) is 0 Å². The van der Waals surface area contributed by atoms with Crippen LogP contribution < -0.4 is 5.32 Å². The van der Waals surface area contributed by atoms with E-state index in [1.54, 1.807) is 18.9 Å². The second-order valence-electron chi connectivity index (χ2n) is 5.31. The van der Waals surface area contributed by atoms with Crippen LogP contribution in [0.15, 0.2) is 18.2 Å². The first-order chi connectivity index (χ1) is 9.95. The fourth-order valence-electron chi connectivity index (χ4n) is 2.09. The van der Waals surface area contributed by atoms with Crippen molar-refractivity contribution in [2.45, 2.75) is 39.2 Å². The first kappa shape index (κ1) is 17.6. The maximum absolute atomic E-state index is 13.7. The number of nitrogens with zero attached hydrogens (tertiary/aromatic N) is 1. The molecule has 118 valence electrons. The Morgan fingerprint density at radius 1 is 1.33 bits per heavy atom. The minimum Gasteiger partial charge on any atom is -0.355 e. The monoisotopic (exact) mass is 298 g/mol. The molecule has 0 bridgehead atoms. The Bertz CT molecular complexity index is 466. The van der Waals surface area contributed by atoms with Crippen molar-refractivity contribution in [2.75, 3.05) is 20.1 Å². The number of rotatable bonds is 8. The molecular weight excluding hydrogens is 274 g/mol. The van der Waals surface area contributed by atoms with Crippen LogP contribution in [0.4, 0.5) is 8.78 Å². The fraction of sp³-hybridized carbons (Fsp3) is 0.562. The Balaban J connectivity index is 2.52. The molecule has 21 heavy (non-hydrogen) atoms. The average Bonchev–Trinajstić information content (AvgIpc) is 2.45. The number of carbonyl (C=O) groups excluding carboxylic acids is 1. The quantitative estimate of drug-likeness (QED) is 0.747. The third-order valence-corrected chi connectivity index (χ3v) is 3.56. The predicted molar refractivity (Wildman–Crippen MR) is 79.9 cm³/mol. The van der Waals surface area contributed by atoms with Crippen LogP contribution in [-0.4, -0.2) is 30.9 Å². The van der Waals surface area contributed by atoms with Crippen molar-refractivity contribution in [3.8, 4) is 0 Å². The highest BCUT2D eigenvalue weighted by Gasteiger charge is 2.18. The number of halogens is 2. The van der Waals surface area contributed by atoms with Gasteiger partial charge < -0.3 is 5.32 Å². The van der Waals surface area contributed by atoms with Crippen LogP contribution in [0.25, 0.3) is 0 Å². The summed E-state index contributed by atoms with van der Waals surface area (Å²) in [5.74, 6) is -1.04. The lowest BCUT2D eigenvalue weighted by Crippen LogP contribution is -2.37. The maximum Gasteiger partial charge on any atom is 0.234 e. The number of hydrogen-bond acceptors (Lipinski definition) is 2. The summed E-state index contributed by atoms with van der Waals surface area (Å²) in [5.41, 5.74) is 0.260. The van der Waals surface area contributed by atoms with Crippen LogP contribution in [0.2, 0.25) is 0 Å². The normalized spacial score (nSPS) is 12.5. The summed E-state index contributed by atoms with van der Waals surface area (Å²) in [6, 6.07) is 3.00. The highest BCUT2D eigenvalue weighted by Crippen LogP contribution is 2.22. The average molecular weight is 298 g/mol. The first-order valence-corrected chi connectivity index (χ1v) is 7.37. The first-order valence-electron chi connectivity index (χ1n) is 7.37. The molecule has 0 spiro atoms. The topological polar surface area (TPSA) is 32.3 Å². The van der Waals surface area contributed by atoms with E-state index in [4.69, 9.17) is 0 Å². The van der Waals surface area contributed by atoms with Gasteiger partial charge in [-0.2, -0.15) is 0 Å². The van der Waals surface area contributed by atoms with Crippen molar-refractivity contribution >= 4 is 5.91 Å². The van der Waals surface area contributed by atoms with Crippen molar-refractivity contribution in [3.05, 3.63) is 35.4 Å². The van der Waals surface area contributed by atoms with Gasteiger partial charge in [-0.3, -0.25) is 9.69 Å². The maximum atomic E-state index is 13.7. The molecule has 1 aromatic carbocycles. The molecule has 0 saturated carbocycles. The summed E-state index contributed by atoms with van der Waals surface area (Å²) in [6.45, 7) is 4.67. The predicted octanol–water partition coefficient (Wildman–Crippen LogP) is 3.26. The van der Waals surface area contributed by atoms with Gasteiger partial charge in [0.2, 0.25) is 5.91 Å². The van der Waals surface area contributed by atoms with Crippen molar-refractivity contribution in [3.63, 3.8) is 0 Å². The van der Waals surface area contributed by atoms with Crippen LogP contribution in [-0.2, 0) is 4.79 Å². The highest BCUT2D eigenvalue weighted by atomic mass is 19.1. The molecule has 0 radical (unpaired) electrons. The number of hydrogen-bond donors (Lipinski definition) is 1. The number of unbranched alkanes of at least 4 members (excludes halogenated alkanes) is 2. The summed E-state index contributed by atoms with van der Waals surface area (Å²) in [7, 11) is 1.72. The summed E-state index contributed by atoms with van der Waals surface area (Å²) in [6.07, 6.45) is 3.15. The van der Waals surface area contributed by atoms with Gasteiger partial charge >= 0.3 is 0 Å². The van der Waals surface area contributed by atoms with Gasteiger partial charge in [0.15, 0.2) is 0 Å². The molecule has 5 heteroatoms. The molecule has 0 aliphatic heterocycles. The van der Waals surface area contributed by atoms with Crippen LogP contribution in [0.1, 0.15) is 44.7 Å². The minimum atomic E-state index is -0.476. The number of carbonyl (C=O) groups is 1. The molecule has 1 amide bonds. The third kappa shape index (κ3) is 5.79. The Hall–Kier alpha value is -1.49. The summed E-state index contributed by atoms with van der Waals surface area (Å²) < 4.78 is 26.9. The van der Waals surface area contributed by atoms with Gasteiger partial charge in [0.25, 0.3) is 0 Å². The summed E-state index contributed by atoms with van der Waals surface area (Å²) >= 11 is 0. The fourth-order valence-corrected chi connectivity index (χ4v) is 2.09. The van der Waals surface area contributed by atoms with Gasteiger partial charge in [-0.15, -0.1) is 0 Å². The molecule has 1 aromatic rings. The van der Waals surface area contributed by atoms with Crippen molar-refractivity contribution in [2.24, 2.45) is 0 Å². The molecule has 1 N–H and O–H groups in total. The molecule has 1 atom stereocenters. The van der Waals surface area contributed by atoms with Crippen LogP contribution in [0, 0.1) is 11.6 Å².